The van der Waals surface area contributed by atoms with Gasteiger partial charge in [0.2, 0.25) is 0 Å². The number of benzene rings is 2. The van der Waals surface area contributed by atoms with Crippen LogP contribution in [0, 0.1) is 0 Å². The highest BCUT2D eigenvalue weighted by Crippen LogP contribution is 2.29. The van der Waals surface area contributed by atoms with Gasteiger partial charge in [0.1, 0.15) is 4.90 Å². The van der Waals surface area contributed by atoms with Crippen LogP contribution in [0.1, 0.15) is 10.4 Å². The molecule has 0 unspecified atom stereocenters. The van der Waals surface area contributed by atoms with Crippen molar-refractivity contribution < 1.29 is 18.3 Å². The van der Waals surface area contributed by atoms with Crippen LogP contribution in [-0.2, 0) is 10.0 Å². The van der Waals surface area contributed by atoms with E-state index in [0.717, 1.165) is 4.31 Å². The van der Waals surface area contributed by atoms with Gasteiger partial charge in [-0.1, -0.05) is 24.3 Å². The lowest BCUT2D eigenvalue weighted by Crippen LogP contribution is -2.28. The first kappa shape index (κ1) is 15.5. The van der Waals surface area contributed by atoms with Crippen LogP contribution in [0.25, 0.3) is 0 Å². The Balaban J connectivity index is 2.57. The molecule has 21 heavy (non-hydrogen) atoms. The molecule has 0 bridgehead atoms. The molecule has 5 nitrogen and oxygen atoms in total. The van der Waals surface area contributed by atoms with E-state index in [2.05, 4.69) is 15.9 Å². The first-order chi connectivity index (χ1) is 9.85. The normalized spacial score (nSPS) is 11.1. The van der Waals surface area contributed by atoms with E-state index in [-0.39, 0.29) is 16.1 Å². The van der Waals surface area contributed by atoms with Crippen LogP contribution < -0.4 is 4.31 Å². The highest BCUT2D eigenvalue weighted by molar-refractivity contribution is 9.10. The molecule has 0 aliphatic heterocycles. The SMILES string of the molecule is CN(c1ccccc1C(=O)O)S(=O)(=O)c1ccccc1Br. The summed E-state index contributed by atoms with van der Waals surface area (Å²) in [5.74, 6) is -1.18. The first-order valence-electron chi connectivity index (χ1n) is 5.91. The van der Waals surface area contributed by atoms with E-state index in [0.29, 0.717) is 4.47 Å². The smallest absolute Gasteiger partial charge is 0.337 e. The molecular formula is C14H12BrNO4S. The number of rotatable bonds is 4. The highest BCUT2D eigenvalue weighted by atomic mass is 79.9. The van der Waals surface area contributed by atoms with Crippen molar-refractivity contribution >= 4 is 37.6 Å². The van der Waals surface area contributed by atoms with Gasteiger partial charge in [0, 0.05) is 11.5 Å². The summed E-state index contributed by atoms with van der Waals surface area (Å²) < 4.78 is 26.7. The molecule has 0 aliphatic carbocycles. The molecule has 2 aromatic rings. The molecular weight excluding hydrogens is 358 g/mol. The number of aromatic carboxylic acids is 1. The van der Waals surface area contributed by atoms with Gasteiger partial charge in [-0.3, -0.25) is 4.31 Å². The third kappa shape index (κ3) is 2.93. The zero-order valence-electron chi connectivity index (χ0n) is 11.0. The molecule has 2 aromatic carbocycles. The number of halogens is 1. The standard InChI is InChI=1S/C14H12BrNO4S/c1-16(12-8-4-2-6-10(12)14(17)18)21(19,20)13-9-5-3-7-11(13)15/h2-9H,1H3,(H,17,18). The van der Waals surface area contributed by atoms with E-state index in [1.165, 1.54) is 25.2 Å². The Morgan fingerprint density at radius 2 is 1.67 bits per heavy atom. The summed E-state index contributed by atoms with van der Waals surface area (Å²) in [6, 6.07) is 12.3. The van der Waals surface area contributed by atoms with Crippen molar-refractivity contribution in [3.05, 3.63) is 58.6 Å². The minimum Gasteiger partial charge on any atom is -0.478 e. The van der Waals surface area contributed by atoms with Gasteiger partial charge < -0.3 is 5.11 Å². The van der Waals surface area contributed by atoms with Crippen molar-refractivity contribution in [2.75, 3.05) is 11.4 Å². The molecule has 1 N–H and O–H groups in total. The van der Waals surface area contributed by atoms with Crippen molar-refractivity contribution in [2.24, 2.45) is 0 Å². The molecule has 0 fully saturated rings. The average Bonchev–Trinajstić information content (AvgIpc) is 2.46. The minimum atomic E-state index is -3.86. The molecule has 0 saturated carbocycles. The molecule has 0 aromatic heterocycles. The molecule has 110 valence electrons. The van der Waals surface area contributed by atoms with Crippen LogP contribution >= 0.6 is 15.9 Å². The van der Waals surface area contributed by atoms with Crippen molar-refractivity contribution in [1.29, 1.82) is 0 Å². The van der Waals surface area contributed by atoms with Gasteiger partial charge in [0.05, 0.1) is 11.3 Å². The predicted octanol–water partition coefficient (Wildman–Crippen LogP) is 2.97. The number of carboxylic acid groups (broad SMARTS) is 1. The van der Waals surface area contributed by atoms with Gasteiger partial charge in [-0.2, -0.15) is 0 Å². The Kier molecular flexibility index (Phi) is 4.34. The Hall–Kier alpha value is -1.86. The number of sulfonamides is 1. The summed E-state index contributed by atoms with van der Waals surface area (Å²) >= 11 is 3.20. The number of hydrogen-bond donors (Lipinski definition) is 1. The monoisotopic (exact) mass is 369 g/mol. The topological polar surface area (TPSA) is 74.7 Å². The molecule has 7 heteroatoms. The van der Waals surface area contributed by atoms with Gasteiger partial charge in [-0.25, -0.2) is 13.2 Å². The molecule has 0 radical (unpaired) electrons. The van der Waals surface area contributed by atoms with E-state index in [1.807, 2.05) is 0 Å². The molecule has 2 rings (SSSR count). The van der Waals surface area contributed by atoms with Crippen molar-refractivity contribution in [3.8, 4) is 0 Å². The van der Waals surface area contributed by atoms with Crippen molar-refractivity contribution in [1.82, 2.24) is 0 Å². The maximum Gasteiger partial charge on any atom is 0.337 e. The van der Waals surface area contributed by atoms with E-state index >= 15 is 0 Å². The van der Waals surface area contributed by atoms with Crippen LogP contribution in [0.4, 0.5) is 5.69 Å². The highest BCUT2D eigenvalue weighted by Gasteiger charge is 2.26. The zero-order chi connectivity index (χ0) is 15.6. The molecule has 0 spiro atoms. The number of anilines is 1. The van der Waals surface area contributed by atoms with Gasteiger partial charge in [0.15, 0.2) is 0 Å². The number of hydrogen-bond acceptors (Lipinski definition) is 3. The van der Waals surface area contributed by atoms with Crippen LogP contribution in [0.15, 0.2) is 57.9 Å². The minimum absolute atomic E-state index is 0.0735. The fraction of sp³-hybridized carbons (Fsp3) is 0.0714. The van der Waals surface area contributed by atoms with E-state index in [9.17, 15) is 18.3 Å². The van der Waals surface area contributed by atoms with Crippen molar-refractivity contribution in [2.45, 2.75) is 4.90 Å². The number of carbonyl (C=O) groups is 1. The molecule has 0 atom stereocenters. The summed E-state index contributed by atoms with van der Waals surface area (Å²) in [6.07, 6.45) is 0. The number of carboxylic acids is 1. The second-order valence-corrected chi connectivity index (χ2v) is 7.02. The summed E-state index contributed by atoms with van der Waals surface area (Å²) in [4.78, 5) is 11.3. The van der Waals surface area contributed by atoms with Crippen LogP contribution in [0.3, 0.4) is 0 Å². The lowest BCUT2D eigenvalue weighted by atomic mass is 10.2. The van der Waals surface area contributed by atoms with Crippen molar-refractivity contribution in [3.63, 3.8) is 0 Å². The number of nitrogens with zero attached hydrogens (tertiary/aromatic N) is 1. The van der Waals surface area contributed by atoms with Crippen LogP contribution in [0.2, 0.25) is 0 Å². The molecule has 0 aliphatic rings. The molecule has 0 amide bonds. The zero-order valence-corrected chi connectivity index (χ0v) is 13.4. The predicted molar refractivity (Wildman–Crippen MR) is 83.1 cm³/mol. The third-order valence-electron chi connectivity index (χ3n) is 2.95. The first-order valence-corrected chi connectivity index (χ1v) is 8.15. The average molecular weight is 370 g/mol. The Bertz CT molecular complexity index is 789. The Labute approximate surface area is 131 Å². The molecule has 0 heterocycles. The van der Waals surface area contributed by atoms with Gasteiger partial charge in [0.25, 0.3) is 10.0 Å². The van der Waals surface area contributed by atoms with E-state index in [1.54, 1.807) is 30.3 Å². The van der Waals surface area contributed by atoms with Gasteiger partial charge >= 0.3 is 5.97 Å². The van der Waals surface area contributed by atoms with Gasteiger partial charge in [-0.15, -0.1) is 0 Å². The summed E-state index contributed by atoms with van der Waals surface area (Å²) in [7, 11) is -2.53. The fourth-order valence-corrected chi connectivity index (χ4v) is 4.04. The van der Waals surface area contributed by atoms with Gasteiger partial charge in [-0.05, 0) is 40.2 Å². The summed E-state index contributed by atoms with van der Waals surface area (Å²) in [6.45, 7) is 0. The maximum atomic E-state index is 12.6. The Morgan fingerprint density at radius 3 is 2.29 bits per heavy atom. The van der Waals surface area contributed by atoms with E-state index in [4.69, 9.17) is 0 Å². The quantitative estimate of drug-likeness (QED) is 0.898. The summed E-state index contributed by atoms with van der Waals surface area (Å²) in [5.41, 5.74) is 0.0383. The number of para-hydroxylation sites is 1. The molecule has 0 saturated heterocycles. The second kappa shape index (κ2) is 5.87. The summed E-state index contributed by atoms with van der Waals surface area (Å²) in [5, 5.41) is 9.17. The van der Waals surface area contributed by atoms with E-state index < -0.39 is 16.0 Å². The lowest BCUT2D eigenvalue weighted by molar-refractivity contribution is 0.0698. The largest absolute Gasteiger partial charge is 0.478 e. The fourth-order valence-electron chi connectivity index (χ4n) is 1.86. The lowest BCUT2D eigenvalue weighted by Gasteiger charge is -2.21. The Morgan fingerprint density at radius 1 is 1.10 bits per heavy atom. The second-order valence-electron chi connectivity index (χ2n) is 4.23. The maximum absolute atomic E-state index is 12.6. The van der Waals surface area contributed by atoms with Crippen LogP contribution in [-0.4, -0.2) is 26.5 Å². The van der Waals surface area contributed by atoms with Crippen LogP contribution in [0.5, 0.6) is 0 Å². The third-order valence-corrected chi connectivity index (χ3v) is 5.73.